The molecule has 0 amide bonds. The van der Waals surface area contributed by atoms with E-state index in [-0.39, 0.29) is 16.8 Å². The van der Waals surface area contributed by atoms with Crippen LogP contribution in [0, 0.1) is 5.92 Å². The third-order valence-electron chi connectivity index (χ3n) is 3.83. The first-order valence-electron chi connectivity index (χ1n) is 6.85. The molecular formula is C14H16ClNO5. The van der Waals surface area contributed by atoms with Crippen LogP contribution in [0.4, 0.5) is 0 Å². The summed E-state index contributed by atoms with van der Waals surface area (Å²) >= 11 is 6.05. The van der Waals surface area contributed by atoms with Crippen LogP contribution in [0.3, 0.4) is 0 Å². The van der Waals surface area contributed by atoms with Crippen molar-refractivity contribution in [3.8, 4) is 17.2 Å². The number of carboxylic acids is 1. The molecule has 0 bridgehead atoms. The standard InChI is InChI=1S/C14H16ClNO5/c15-8-5-10-13(21-3-1-2-20-10)11(12(8)17)9-4-7(6-16-9)14(18)19/h5,7,9,16-17H,1-4,6H2,(H,18,19). The number of fused-ring (bicyclic) bond motifs is 1. The van der Waals surface area contributed by atoms with Gasteiger partial charge in [0, 0.05) is 25.1 Å². The SMILES string of the molecule is O=C(O)C1CNC(c2c(O)c(Cl)cc3c2OCCCO3)C1. The molecule has 2 aliphatic rings. The number of phenolic OH excluding ortho intramolecular Hbond substituents is 1. The number of benzene rings is 1. The summed E-state index contributed by atoms with van der Waals surface area (Å²) in [5.41, 5.74) is 0.489. The zero-order valence-electron chi connectivity index (χ0n) is 11.3. The number of carbonyl (C=O) groups is 1. The Bertz CT molecular complexity index is 577. The van der Waals surface area contributed by atoms with Crippen molar-refractivity contribution < 1.29 is 24.5 Å². The van der Waals surface area contributed by atoms with E-state index in [2.05, 4.69) is 5.32 Å². The number of hydrogen-bond acceptors (Lipinski definition) is 5. The van der Waals surface area contributed by atoms with E-state index in [0.29, 0.717) is 43.2 Å². The highest BCUT2D eigenvalue weighted by Crippen LogP contribution is 2.48. The zero-order valence-corrected chi connectivity index (χ0v) is 12.0. The highest BCUT2D eigenvalue weighted by atomic mass is 35.5. The number of carboxylic acid groups (broad SMARTS) is 1. The summed E-state index contributed by atoms with van der Waals surface area (Å²) in [5.74, 6) is -0.473. The van der Waals surface area contributed by atoms with Crippen molar-refractivity contribution in [2.45, 2.75) is 18.9 Å². The molecule has 2 atom stereocenters. The van der Waals surface area contributed by atoms with Crippen LogP contribution >= 0.6 is 11.6 Å². The van der Waals surface area contributed by atoms with Crippen LogP contribution < -0.4 is 14.8 Å². The first-order valence-corrected chi connectivity index (χ1v) is 7.23. The highest BCUT2D eigenvalue weighted by molar-refractivity contribution is 6.32. The smallest absolute Gasteiger partial charge is 0.307 e. The molecule has 0 spiro atoms. The van der Waals surface area contributed by atoms with E-state index >= 15 is 0 Å². The minimum atomic E-state index is -0.852. The predicted molar refractivity (Wildman–Crippen MR) is 75.2 cm³/mol. The van der Waals surface area contributed by atoms with Crippen molar-refractivity contribution >= 4 is 17.6 Å². The van der Waals surface area contributed by atoms with Gasteiger partial charge < -0.3 is 25.0 Å². The Labute approximate surface area is 126 Å². The fourth-order valence-electron chi connectivity index (χ4n) is 2.76. The van der Waals surface area contributed by atoms with Gasteiger partial charge in [-0.2, -0.15) is 0 Å². The van der Waals surface area contributed by atoms with Crippen LogP contribution in [0.5, 0.6) is 17.2 Å². The maximum absolute atomic E-state index is 11.1. The Morgan fingerprint density at radius 2 is 2.14 bits per heavy atom. The van der Waals surface area contributed by atoms with E-state index in [9.17, 15) is 9.90 Å². The van der Waals surface area contributed by atoms with Gasteiger partial charge in [-0.25, -0.2) is 0 Å². The predicted octanol–water partition coefficient (Wildman–Crippen LogP) is 1.94. The third-order valence-corrected chi connectivity index (χ3v) is 4.12. The molecule has 0 aliphatic carbocycles. The van der Waals surface area contributed by atoms with Crippen LogP contribution in [0.25, 0.3) is 0 Å². The minimum Gasteiger partial charge on any atom is -0.506 e. The Balaban J connectivity index is 2.01. The van der Waals surface area contributed by atoms with Crippen LogP contribution in [0.15, 0.2) is 6.07 Å². The number of aliphatic carboxylic acids is 1. The van der Waals surface area contributed by atoms with Gasteiger partial charge in [0.05, 0.1) is 29.7 Å². The third kappa shape index (κ3) is 2.61. The number of ether oxygens (including phenoxy) is 2. The maximum Gasteiger partial charge on any atom is 0.307 e. The molecule has 2 heterocycles. The molecule has 7 heteroatoms. The Morgan fingerprint density at radius 3 is 2.86 bits per heavy atom. The maximum atomic E-state index is 11.1. The molecule has 6 nitrogen and oxygen atoms in total. The molecule has 2 aliphatic heterocycles. The van der Waals surface area contributed by atoms with Crippen LogP contribution in [0.1, 0.15) is 24.4 Å². The van der Waals surface area contributed by atoms with E-state index < -0.39 is 11.9 Å². The lowest BCUT2D eigenvalue weighted by Gasteiger charge is -2.19. The average Bonchev–Trinajstić information content (AvgIpc) is 2.82. The van der Waals surface area contributed by atoms with Crippen LogP contribution in [-0.2, 0) is 4.79 Å². The van der Waals surface area contributed by atoms with Gasteiger partial charge in [-0.3, -0.25) is 4.79 Å². The molecule has 1 saturated heterocycles. The summed E-state index contributed by atoms with van der Waals surface area (Å²) in [4.78, 5) is 11.1. The Kier molecular flexibility index (Phi) is 3.82. The summed E-state index contributed by atoms with van der Waals surface area (Å²) < 4.78 is 11.3. The first kappa shape index (κ1) is 14.3. The lowest BCUT2D eigenvalue weighted by Crippen LogP contribution is -2.17. The van der Waals surface area contributed by atoms with E-state index in [1.165, 1.54) is 6.07 Å². The number of phenols is 1. The molecule has 0 aromatic heterocycles. The lowest BCUT2D eigenvalue weighted by molar-refractivity contribution is -0.141. The Morgan fingerprint density at radius 1 is 1.38 bits per heavy atom. The van der Waals surface area contributed by atoms with Crippen molar-refractivity contribution in [2.75, 3.05) is 19.8 Å². The van der Waals surface area contributed by atoms with Crippen molar-refractivity contribution in [1.29, 1.82) is 0 Å². The summed E-state index contributed by atoms with van der Waals surface area (Å²) in [6.07, 6.45) is 1.11. The molecule has 3 N–H and O–H groups in total. The second-order valence-corrected chi connectivity index (χ2v) is 5.64. The number of aromatic hydroxyl groups is 1. The zero-order chi connectivity index (χ0) is 15.0. The molecule has 2 unspecified atom stereocenters. The van der Waals surface area contributed by atoms with Gasteiger partial charge in [-0.15, -0.1) is 0 Å². The average molecular weight is 314 g/mol. The van der Waals surface area contributed by atoms with Gasteiger partial charge >= 0.3 is 5.97 Å². The monoisotopic (exact) mass is 313 g/mol. The van der Waals surface area contributed by atoms with E-state index in [1.54, 1.807) is 0 Å². The van der Waals surface area contributed by atoms with Gasteiger partial charge in [-0.05, 0) is 6.42 Å². The van der Waals surface area contributed by atoms with Gasteiger partial charge in [0.2, 0.25) is 0 Å². The molecule has 0 saturated carbocycles. The Hall–Kier alpha value is -1.66. The van der Waals surface area contributed by atoms with Crippen LogP contribution in [0.2, 0.25) is 5.02 Å². The summed E-state index contributed by atoms with van der Waals surface area (Å²) in [7, 11) is 0. The highest BCUT2D eigenvalue weighted by Gasteiger charge is 2.35. The van der Waals surface area contributed by atoms with Gasteiger partial charge in [0.25, 0.3) is 0 Å². The first-order chi connectivity index (χ1) is 10.1. The van der Waals surface area contributed by atoms with Crippen molar-refractivity contribution in [2.24, 2.45) is 5.92 Å². The lowest BCUT2D eigenvalue weighted by atomic mass is 9.98. The summed E-state index contributed by atoms with van der Waals surface area (Å²) in [5, 5.41) is 22.7. The van der Waals surface area contributed by atoms with Crippen molar-refractivity contribution in [1.82, 2.24) is 5.32 Å². The molecule has 3 rings (SSSR count). The number of halogens is 1. The van der Waals surface area contributed by atoms with Crippen molar-refractivity contribution in [3.63, 3.8) is 0 Å². The van der Waals surface area contributed by atoms with E-state index in [1.807, 2.05) is 0 Å². The molecule has 1 fully saturated rings. The molecular weight excluding hydrogens is 298 g/mol. The largest absolute Gasteiger partial charge is 0.506 e. The van der Waals surface area contributed by atoms with E-state index in [4.69, 9.17) is 26.2 Å². The topological polar surface area (TPSA) is 88.0 Å². The van der Waals surface area contributed by atoms with Crippen molar-refractivity contribution in [3.05, 3.63) is 16.7 Å². The molecule has 1 aromatic rings. The number of hydrogen-bond donors (Lipinski definition) is 3. The molecule has 1 aromatic carbocycles. The van der Waals surface area contributed by atoms with E-state index in [0.717, 1.165) is 6.42 Å². The normalized spacial score (nSPS) is 24.6. The number of rotatable bonds is 2. The molecule has 114 valence electrons. The quantitative estimate of drug-likeness (QED) is 0.773. The summed E-state index contributed by atoms with van der Waals surface area (Å²) in [6.45, 7) is 1.35. The summed E-state index contributed by atoms with van der Waals surface area (Å²) in [6, 6.07) is 1.21. The fraction of sp³-hybridized carbons (Fsp3) is 0.500. The van der Waals surface area contributed by atoms with Gasteiger partial charge in [-0.1, -0.05) is 11.6 Å². The van der Waals surface area contributed by atoms with Gasteiger partial charge in [0.15, 0.2) is 11.5 Å². The van der Waals surface area contributed by atoms with Gasteiger partial charge in [0.1, 0.15) is 5.75 Å². The van der Waals surface area contributed by atoms with Crippen LogP contribution in [-0.4, -0.2) is 35.9 Å². The second kappa shape index (κ2) is 5.61. The molecule has 0 radical (unpaired) electrons. The minimum absolute atomic E-state index is 0.0792. The molecule has 21 heavy (non-hydrogen) atoms. The fourth-order valence-corrected chi connectivity index (χ4v) is 2.96. The number of nitrogens with one attached hydrogen (secondary N) is 1. The second-order valence-electron chi connectivity index (χ2n) is 5.23.